The van der Waals surface area contributed by atoms with Gasteiger partial charge in [-0.15, -0.1) is 0 Å². The highest BCUT2D eigenvalue weighted by Crippen LogP contribution is 2.40. The minimum Gasteiger partial charge on any atom is -0.355 e. The van der Waals surface area contributed by atoms with Crippen molar-refractivity contribution in [1.29, 1.82) is 0 Å². The van der Waals surface area contributed by atoms with Gasteiger partial charge in [0.2, 0.25) is 5.91 Å². The molecule has 0 radical (unpaired) electrons. The van der Waals surface area contributed by atoms with E-state index >= 15 is 0 Å². The zero-order valence-electron chi connectivity index (χ0n) is 10.3. The third-order valence-electron chi connectivity index (χ3n) is 4.75. The van der Waals surface area contributed by atoms with Gasteiger partial charge >= 0.3 is 0 Å². The molecule has 2 aliphatic rings. The molecule has 3 N–H and O–H groups in total. The second kappa shape index (κ2) is 4.74. The predicted molar refractivity (Wildman–Crippen MR) is 64.9 cm³/mol. The monoisotopic (exact) mass is 224 g/mol. The Labute approximate surface area is 98.2 Å². The van der Waals surface area contributed by atoms with Crippen LogP contribution in [-0.2, 0) is 4.79 Å². The Kier molecular flexibility index (Phi) is 3.53. The lowest BCUT2D eigenvalue weighted by molar-refractivity contribution is -0.135. The molecule has 0 saturated heterocycles. The number of nitrogens with two attached hydrogens (primary N) is 1. The first-order chi connectivity index (χ1) is 7.68. The van der Waals surface area contributed by atoms with Gasteiger partial charge in [0.25, 0.3) is 0 Å². The lowest BCUT2D eigenvalue weighted by Crippen LogP contribution is -2.51. The lowest BCUT2D eigenvalue weighted by Gasteiger charge is -2.39. The molecule has 92 valence electrons. The Morgan fingerprint density at radius 2 is 2.12 bits per heavy atom. The van der Waals surface area contributed by atoms with E-state index in [1.54, 1.807) is 0 Å². The van der Waals surface area contributed by atoms with Crippen LogP contribution in [0.4, 0.5) is 0 Å². The molecule has 0 bridgehead atoms. The zero-order chi connectivity index (χ0) is 11.6. The van der Waals surface area contributed by atoms with Crippen molar-refractivity contribution < 1.29 is 4.79 Å². The van der Waals surface area contributed by atoms with E-state index in [1.807, 2.05) is 0 Å². The molecule has 2 aliphatic carbocycles. The van der Waals surface area contributed by atoms with Crippen LogP contribution in [0.5, 0.6) is 0 Å². The minimum absolute atomic E-state index is 0.207. The summed E-state index contributed by atoms with van der Waals surface area (Å²) in [6.07, 6.45) is 7.04. The average Bonchev–Trinajstić information content (AvgIpc) is 2.60. The Bertz CT molecular complexity index is 255. The lowest BCUT2D eigenvalue weighted by atomic mass is 9.68. The first-order valence-corrected chi connectivity index (χ1v) is 6.66. The van der Waals surface area contributed by atoms with Gasteiger partial charge in [-0.25, -0.2) is 0 Å². The fraction of sp³-hybridized carbons (Fsp3) is 0.923. The van der Waals surface area contributed by atoms with E-state index < -0.39 is 0 Å². The standard InChI is InChI=1S/C13H24N2O/c1-10-4-2-5-11(10)8-15-12(16)13(9-14)6-3-7-13/h10-11H,2-9,14H2,1H3,(H,15,16). The Morgan fingerprint density at radius 1 is 1.38 bits per heavy atom. The van der Waals surface area contributed by atoms with E-state index in [9.17, 15) is 4.79 Å². The van der Waals surface area contributed by atoms with E-state index in [0.29, 0.717) is 12.5 Å². The molecule has 0 heterocycles. The van der Waals surface area contributed by atoms with Gasteiger partial charge in [-0.3, -0.25) is 4.79 Å². The van der Waals surface area contributed by atoms with Crippen molar-refractivity contribution in [2.24, 2.45) is 23.0 Å². The van der Waals surface area contributed by atoms with Gasteiger partial charge in [0, 0.05) is 13.1 Å². The summed E-state index contributed by atoms with van der Waals surface area (Å²) in [5.74, 6) is 1.68. The highest BCUT2D eigenvalue weighted by Gasteiger charge is 2.42. The van der Waals surface area contributed by atoms with Crippen LogP contribution in [0.2, 0.25) is 0 Å². The second-order valence-corrected chi connectivity index (χ2v) is 5.72. The van der Waals surface area contributed by atoms with Gasteiger partial charge in [-0.05, 0) is 31.1 Å². The maximum atomic E-state index is 12.1. The number of amides is 1. The normalized spacial score (nSPS) is 32.1. The quantitative estimate of drug-likeness (QED) is 0.763. The summed E-state index contributed by atoms with van der Waals surface area (Å²) in [4.78, 5) is 12.1. The molecule has 16 heavy (non-hydrogen) atoms. The number of hydrogen-bond acceptors (Lipinski definition) is 2. The van der Waals surface area contributed by atoms with Crippen LogP contribution in [0, 0.1) is 17.3 Å². The van der Waals surface area contributed by atoms with E-state index in [1.165, 1.54) is 19.3 Å². The Morgan fingerprint density at radius 3 is 2.56 bits per heavy atom. The van der Waals surface area contributed by atoms with Gasteiger partial charge in [-0.2, -0.15) is 0 Å². The summed E-state index contributed by atoms with van der Waals surface area (Å²) in [6.45, 7) is 3.67. The van der Waals surface area contributed by atoms with Crippen molar-refractivity contribution in [1.82, 2.24) is 5.32 Å². The van der Waals surface area contributed by atoms with Crippen LogP contribution < -0.4 is 11.1 Å². The third-order valence-corrected chi connectivity index (χ3v) is 4.75. The van der Waals surface area contributed by atoms with Crippen molar-refractivity contribution in [3.8, 4) is 0 Å². The summed E-state index contributed by atoms with van der Waals surface area (Å²) in [7, 11) is 0. The van der Waals surface area contributed by atoms with E-state index in [2.05, 4.69) is 12.2 Å². The van der Waals surface area contributed by atoms with Crippen LogP contribution in [0.3, 0.4) is 0 Å². The van der Waals surface area contributed by atoms with Crippen LogP contribution >= 0.6 is 0 Å². The van der Waals surface area contributed by atoms with Crippen molar-refractivity contribution in [3.05, 3.63) is 0 Å². The molecule has 0 spiro atoms. The first kappa shape index (κ1) is 11.9. The summed E-state index contributed by atoms with van der Waals surface area (Å²) in [6, 6.07) is 0. The Hall–Kier alpha value is -0.570. The molecule has 3 nitrogen and oxygen atoms in total. The van der Waals surface area contributed by atoms with E-state index in [4.69, 9.17) is 5.73 Å². The summed E-state index contributed by atoms with van der Waals surface area (Å²) < 4.78 is 0. The molecular weight excluding hydrogens is 200 g/mol. The largest absolute Gasteiger partial charge is 0.355 e. The topological polar surface area (TPSA) is 55.1 Å². The van der Waals surface area contributed by atoms with Crippen molar-refractivity contribution >= 4 is 5.91 Å². The number of hydrogen-bond donors (Lipinski definition) is 2. The molecule has 2 rings (SSSR count). The van der Waals surface area contributed by atoms with Crippen molar-refractivity contribution in [3.63, 3.8) is 0 Å². The van der Waals surface area contributed by atoms with E-state index in [-0.39, 0.29) is 11.3 Å². The molecule has 1 amide bonds. The average molecular weight is 224 g/mol. The van der Waals surface area contributed by atoms with Gasteiger partial charge in [0.05, 0.1) is 5.41 Å². The van der Waals surface area contributed by atoms with Crippen LogP contribution in [0.15, 0.2) is 0 Å². The smallest absolute Gasteiger partial charge is 0.227 e. The molecule has 0 aliphatic heterocycles. The zero-order valence-corrected chi connectivity index (χ0v) is 10.3. The molecule has 0 aromatic carbocycles. The predicted octanol–water partition coefficient (Wildman–Crippen LogP) is 1.67. The number of carbonyl (C=O) groups excluding carboxylic acids is 1. The number of nitrogens with one attached hydrogen (secondary N) is 1. The maximum Gasteiger partial charge on any atom is 0.227 e. The van der Waals surface area contributed by atoms with Gasteiger partial charge < -0.3 is 11.1 Å². The molecule has 2 unspecified atom stereocenters. The van der Waals surface area contributed by atoms with Gasteiger partial charge in [0.15, 0.2) is 0 Å². The fourth-order valence-electron chi connectivity index (χ4n) is 3.06. The van der Waals surface area contributed by atoms with Gasteiger partial charge in [-0.1, -0.05) is 26.2 Å². The van der Waals surface area contributed by atoms with Crippen LogP contribution in [0.25, 0.3) is 0 Å². The summed E-state index contributed by atoms with van der Waals surface area (Å²) in [5.41, 5.74) is 5.51. The van der Waals surface area contributed by atoms with Gasteiger partial charge in [0.1, 0.15) is 0 Å². The second-order valence-electron chi connectivity index (χ2n) is 5.72. The summed E-state index contributed by atoms with van der Waals surface area (Å²) in [5, 5.41) is 3.13. The highest BCUT2D eigenvalue weighted by molar-refractivity contribution is 5.83. The van der Waals surface area contributed by atoms with E-state index in [0.717, 1.165) is 31.7 Å². The molecule has 0 aromatic heterocycles. The maximum absolute atomic E-state index is 12.1. The van der Waals surface area contributed by atoms with Crippen LogP contribution in [-0.4, -0.2) is 19.0 Å². The van der Waals surface area contributed by atoms with Crippen molar-refractivity contribution in [2.45, 2.75) is 45.4 Å². The van der Waals surface area contributed by atoms with Crippen molar-refractivity contribution in [2.75, 3.05) is 13.1 Å². The summed E-state index contributed by atoms with van der Waals surface area (Å²) >= 11 is 0. The molecule has 2 atom stereocenters. The Balaban J connectivity index is 1.79. The molecular formula is C13H24N2O. The molecule has 2 fully saturated rings. The molecule has 2 saturated carbocycles. The molecule has 0 aromatic rings. The number of rotatable bonds is 4. The SMILES string of the molecule is CC1CCCC1CNC(=O)C1(CN)CCC1. The third kappa shape index (κ3) is 2.10. The fourth-order valence-corrected chi connectivity index (χ4v) is 3.06. The highest BCUT2D eigenvalue weighted by atomic mass is 16.2. The first-order valence-electron chi connectivity index (χ1n) is 6.66. The van der Waals surface area contributed by atoms with Crippen LogP contribution in [0.1, 0.15) is 45.4 Å². The number of carbonyl (C=O) groups is 1. The minimum atomic E-state index is -0.207. The molecule has 3 heteroatoms.